The summed E-state index contributed by atoms with van der Waals surface area (Å²) in [7, 11) is 1.51. The van der Waals surface area contributed by atoms with Crippen molar-refractivity contribution in [2.45, 2.75) is 25.8 Å². The predicted octanol–water partition coefficient (Wildman–Crippen LogP) is 1.74. The molecule has 0 fully saturated rings. The molecule has 0 aromatic heterocycles. The monoisotopic (exact) mass is 248 g/mol. The largest absolute Gasteiger partial charge is 0.495 e. The Bertz CT molecular complexity index is 492. The van der Waals surface area contributed by atoms with Gasteiger partial charge >= 0.3 is 5.97 Å². The first-order valence-corrected chi connectivity index (χ1v) is 5.55. The van der Waals surface area contributed by atoms with Crippen molar-refractivity contribution in [1.29, 1.82) is 5.26 Å². The van der Waals surface area contributed by atoms with Gasteiger partial charge in [-0.25, -0.2) is 0 Å². The average molecular weight is 248 g/mol. The maximum Gasteiger partial charge on any atom is 0.303 e. The third-order valence-electron chi connectivity index (χ3n) is 2.72. The number of hydrogen-bond donors (Lipinski definition) is 2. The summed E-state index contributed by atoms with van der Waals surface area (Å²) >= 11 is 0. The number of nitrogens with two attached hydrogens (primary N) is 1. The molecule has 0 bridgehead atoms. The summed E-state index contributed by atoms with van der Waals surface area (Å²) in [5.74, 6) is -0.345. The average Bonchev–Trinajstić information content (AvgIpc) is 2.34. The van der Waals surface area contributed by atoms with E-state index in [1.165, 1.54) is 7.11 Å². The summed E-state index contributed by atoms with van der Waals surface area (Å²) in [6.07, 6.45) is 0.347. The molecule has 1 unspecified atom stereocenters. The number of ether oxygens (including phenoxy) is 1. The second-order valence-electron chi connectivity index (χ2n) is 4.07. The van der Waals surface area contributed by atoms with Gasteiger partial charge in [-0.2, -0.15) is 5.26 Å². The first kappa shape index (κ1) is 14.0. The summed E-state index contributed by atoms with van der Waals surface area (Å²) in [5, 5.41) is 17.7. The molecule has 0 spiro atoms. The molecular weight excluding hydrogens is 232 g/mol. The standard InChI is InChI=1S/C13H16N2O3/c1-8-5-9(11(15)3-4-12(16)17)6-10(7-14)13(8)18-2/h5-6,11H,3-4,15H2,1-2H3,(H,16,17). The van der Waals surface area contributed by atoms with E-state index in [-0.39, 0.29) is 6.42 Å². The molecule has 0 saturated carbocycles. The number of hydrogen-bond acceptors (Lipinski definition) is 4. The highest BCUT2D eigenvalue weighted by molar-refractivity contribution is 5.66. The van der Waals surface area contributed by atoms with E-state index in [0.717, 1.165) is 11.1 Å². The van der Waals surface area contributed by atoms with Crippen molar-refractivity contribution in [3.63, 3.8) is 0 Å². The summed E-state index contributed by atoms with van der Waals surface area (Å²) in [6, 6.07) is 5.14. The van der Waals surface area contributed by atoms with Gasteiger partial charge in [-0.3, -0.25) is 4.79 Å². The number of nitrogens with zero attached hydrogens (tertiary/aromatic N) is 1. The Balaban J connectivity index is 3.01. The van der Waals surface area contributed by atoms with Gasteiger partial charge in [0.25, 0.3) is 0 Å². The molecule has 1 rings (SSSR count). The molecule has 5 nitrogen and oxygen atoms in total. The number of carbonyl (C=O) groups is 1. The predicted molar refractivity (Wildman–Crippen MR) is 66.2 cm³/mol. The molecule has 1 atom stereocenters. The smallest absolute Gasteiger partial charge is 0.303 e. The van der Waals surface area contributed by atoms with Crippen molar-refractivity contribution in [2.24, 2.45) is 5.73 Å². The number of benzene rings is 1. The van der Waals surface area contributed by atoms with Gasteiger partial charge in [0.05, 0.1) is 12.7 Å². The van der Waals surface area contributed by atoms with E-state index in [9.17, 15) is 4.79 Å². The maximum absolute atomic E-state index is 10.5. The number of methoxy groups -OCH3 is 1. The molecule has 0 radical (unpaired) electrons. The molecule has 0 aliphatic rings. The molecule has 1 aromatic carbocycles. The first-order chi connectivity index (χ1) is 8.49. The van der Waals surface area contributed by atoms with E-state index in [2.05, 4.69) is 6.07 Å². The molecule has 0 aliphatic carbocycles. The summed E-state index contributed by atoms with van der Waals surface area (Å²) in [5.41, 5.74) is 7.90. The van der Waals surface area contributed by atoms with Crippen LogP contribution in [-0.4, -0.2) is 18.2 Å². The highest BCUT2D eigenvalue weighted by atomic mass is 16.5. The van der Waals surface area contributed by atoms with Crippen LogP contribution in [0.4, 0.5) is 0 Å². The zero-order valence-electron chi connectivity index (χ0n) is 10.4. The molecular formula is C13H16N2O3. The molecule has 1 aromatic rings. The van der Waals surface area contributed by atoms with E-state index in [0.29, 0.717) is 17.7 Å². The van der Waals surface area contributed by atoms with Gasteiger partial charge in [-0.1, -0.05) is 6.07 Å². The molecule has 18 heavy (non-hydrogen) atoms. The van der Waals surface area contributed by atoms with Crippen LogP contribution in [0.2, 0.25) is 0 Å². The van der Waals surface area contributed by atoms with Gasteiger partial charge in [0, 0.05) is 12.5 Å². The fourth-order valence-electron chi connectivity index (χ4n) is 1.82. The normalized spacial score (nSPS) is 11.7. The van der Waals surface area contributed by atoms with Crippen LogP contribution in [0.1, 0.15) is 35.6 Å². The van der Waals surface area contributed by atoms with Crippen molar-refractivity contribution < 1.29 is 14.6 Å². The third kappa shape index (κ3) is 3.22. The van der Waals surface area contributed by atoms with Crippen LogP contribution in [0, 0.1) is 18.3 Å². The van der Waals surface area contributed by atoms with Gasteiger partial charge in [-0.05, 0) is 30.5 Å². The summed E-state index contributed by atoms with van der Waals surface area (Å²) < 4.78 is 5.14. The minimum atomic E-state index is -0.879. The topological polar surface area (TPSA) is 96.3 Å². The zero-order valence-corrected chi connectivity index (χ0v) is 10.4. The Morgan fingerprint density at radius 3 is 2.78 bits per heavy atom. The van der Waals surface area contributed by atoms with E-state index in [4.69, 9.17) is 20.8 Å². The second-order valence-corrected chi connectivity index (χ2v) is 4.07. The van der Waals surface area contributed by atoms with Crippen molar-refractivity contribution in [1.82, 2.24) is 0 Å². The van der Waals surface area contributed by atoms with Crippen LogP contribution >= 0.6 is 0 Å². The summed E-state index contributed by atoms with van der Waals surface area (Å²) in [6.45, 7) is 1.83. The Morgan fingerprint density at radius 1 is 1.61 bits per heavy atom. The SMILES string of the molecule is COc1c(C)cc(C(N)CCC(=O)O)cc1C#N. The Labute approximate surface area is 106 Å². The van der Waals surface area contributed by atoms with Crippen LogP contribution in [0.25, 0.3) is 0 Å². The lowest BCUT2D eigenvalue weighted by atomic mass is 9.97. The number of rotatable bonds is 5. The van der Waals surface area contributed by atoms with Crippen LogP contribution < -0.4 is 10.5 Å². The van der Waals surface area contributed by atoms with Crippen LogP contribution in [0.3, 0.4) is 0 Å². The lowest BCUT2D eigenvalue weighted by Gasteiger charge is -2.14. The highest BCUT2D eigenvalue weighted by Gasteiger charge is 2.14. The molecule has 5 heteroatoms. The first-order valence-electron chi connectivity index (χ1n) is 5.55. The van der Waals surface area contributed by atoms with Gasteiger partial charge in [0.1, 0.15) is 11.8 Å². The zero-order chi connectivity index (χ0) is 13.7. The van der Waals surface area contributed by atoms with Crippen molar-refractivity contribution in [3.05, 3.63) is 28.8 Å². The van der Waals surface area contributed by atoms with Crippen LogP contribution in [0.15, 0.2) is 12.1 Å². The lowest BCUT2D eigenvalue weighted by molar-refractivity contribution is -0.137. The number of aryl methyl sites for hydroxylation is 1. The lowest BCUT2D eigenvalue weighted by Crippen LogP contribution is -2.13. The van der Waals surface area contributed by atoms with E-state index < -0.39 is 12.0 Å². The molecule has 0 saturated heterocycles. The fourth-order valence-corrected chi connectivity index (χ4v) is 1.82. The molecule has 0 heterocycles. The molecule has 0 aliphatic heterocycles. The number of nitriles is 1. The number of carboxylic acid groups (broad SMARTS) is 1. The third-order valence-corrected chi connectivity index (χ3v) is 2.72. The van der Waals surface area contributed by atoms with Gasteiger partial charge in [0.15, 0.2) is 0 Å². The second kappa shape index (κ2) is 6.03. The molecule has 96 valence electrons. The molecule has 0 amide bonds. The van der Waals surface area contributed by atoms with Gasteiger partial charge < -0.3 is 15.6 Å². The van der Waals surface area contributed by atoms with Gasteiger partial charge in [-0.15, -0.1) is 0 Å². The van der Waals surface area contributed by atoms with Gasteiger partial charge in [0.2, 0.25) is 0 Å². The molecule has 3 N–H and O–H groups in total. The highest BCUT2D eigenvalue weighted by Crippen LogP contribution is 2.28. The minimum Gasteiger partial charge on any atom is -0.495 e. The number of carboxylic acids is 1. The number of aliphatic carboxylic acids is 1. The summed E-state index contributed by atoms with van der Waals surface area (Å²) in [4.78, 5) is 10.5. The van der Waals surface area contributed by atoms with Crippen molar-refractivity contribution in [3.8, 4) is 11.8 Å². The fraction of sp³-hybridized carbons (Fsp3) is 0.385. The Kier molecular flexibility index (Phi) is 4.69. The Hall–Kier alpha value is -2.06. The van der Waals surface area contributed by atoms with E-state index >= 15 is 0 Å². The minimum absolute atomic E-state index is 0.00807. The maximum atomic E-state index is 10.5. The Morgan fingerprint density at radius 2 is 2.28 bits per heavy atom. The van der Waals surface area contributed by atoms with Crippen LogP contribution in [0.5, 0.6) is 5.75 Å². The van der Waals surface area contributed by atoms with Crippen molar-refractivity contribution >= 4 is 5.97 Å². The van der Waals surface area contributed by atoms with E-state index in [1.807, 2.05) is 13.0 Å². The van der Waals surface area contributed by atoms with Crippen molar-refractivity contribution in [2.75, 3.05) is 7.11 Å². The van der Waals surface area contributed by atoms with Crippen LogP contribution in [-0.2, 0) is 4.79 Å². The quantitative estimate of drug-likeness (QED) is 0.827. The van der Waals surface area contributed by atoms with E-state index in [1.54, 1.807) is 6.07 Å².